The van der Waals surface area contributed by atoms with E-state index in [-0.39, 0.29) is 0 Å². The van der Waals surface area contributed by atoms with E-state index in [9.17, 15) is 0 Å². The summed E-state index contributed by atoms with van der Waals surface area (Å²) in [6.07, 6.45) is 1.97. The van der Waals surface area contributed by atoms with Crippen LogP contribution in [-0.4, -0.2) is 27.3 Å². The van der Waals surface area contributed by atoms with E-state index in [2.05, 4.69) is 38.8 Å². The molecule has 1 atom stereocenters. The first kappa shape index (κ1) is 16.3. The average Bonchev–Trinajstić information content (AvgIpc) is 2.91. The van der Waals surface area contributed by atoms with E-state index in [4.69, 9.17) is 9.47 Å². The third-order valence-electron chi connectivity index (χ3n) is 3.41. The maximum Gasteiger partial charge on any atom is 0.160 e. The van der Waals surface area contributed by atoms with Gasteiger partial charge in [-0.3, -0.25) is 0 Å². The van der Waals surface area contributed by atoms with Crippen LogP contribution in [0.15, 0.2) is 34.1 Å². The zero-order valence-corrected chi connectivity index (χ0v) is 14.9. The van der Waals surface area contributed by atoms with Gasteiger partial charge in [-0.25, -0.2) is 0 Å². The molecule has 2 aromatic rings. The molecule has 0 saturated heterocycles. The molecule has 1 heterocycles. The number of methoxy groups -OCH3 is 2. The van der Waals surface area contributed by atoms with Crippen molar-refractivity contribution in [3.05, 3.63) is 44.6 Å². The Morgan fingerprint density at radius 2 is 1.90 bits per heavy atom. The van der Waals surface area contributed by atoms with Crippen LogP contribution in [0.2, 0.25) is 0 Å². The molecule has 21 heavy (non-hydrogen) atoms. The number of hydrogen-bond donors (Lipinski definition) is 1. The minimum Gasteiger partial charge on any atom is -0.493 e. The van der Waals surface area contributed by atoms with Gasteiger partial charge in [-0.05, 0) is 59.6 Å². The largest absolute Gasteiger partial charge is 0.493 e. The summed E-state index contributed by atoms with van der Waals surface area (Å²) in [5.41, 5.74) is 1.24. The Morgan fingerprint density at radius 3 is 2.48 bits per heavy atom. The number of halogens is 1. The van der Waals surface area contributed by atoms with E-state index in [1.807, 2.05) is 19.2 Å². The van der Waals surface area contributed by atoms with E-state index >= 15 is 0 Å². The van der Waals surface area contributed by atoms with Crippen molar-refractivity contribution in [2.75, 3.05) is 21.3 Å². The maximum absolute atomic E-state index is 5.36. The van der Waals surface area contributed by atoms with Crippen molar-refractivity contribution in [2.45, 2.75) is 18.9 Å². The lowest BCUT2D eigenvalue weighted by molar-refractivity contribution is 0.354. The number of rotatable bonds is 7. The SMILES string of the molecule is CNC(Cc1ccc(OC)c(OC)c1)Cc1cc(Br)cs1. The summed E-state index contributed by atoms with van der Waals surface area (Å²) in [5.74, 6) is 1.55. The topological polar surface area (TPSA) is 30.5 Å². The molecule has 1 N–H and O–H groups in total. The second-order valence-electron chi connectivity index (χ2n) is 4.81. The van der Waals surface area contributed by atoms with Gasteiger partial charge >= 0.3 is 0 Å². The molecule has 1 aromatic carbocycles. The maximum atomic E-state index is 5.36. The molecule has 0 amide bonds. The van der Waals surface area contributed by atoms with E-state index in [0.717, 1.165) is 28.8 Å². The van der Waals surface area contributed by atoms with E-state index in [0.29, 0.717) is 6.04 Å². The van der Waals surface area contributed by atoms with Gasteiger partial charge in [0.2, 0.25) is 0 Å². The van der Waals surface area contributed by atoms with E-state index in [1.165, 1.54) is 10.4 Å². The van der Waals surface area contributed by atoms with Crippen molar-refractivity contribution in [3.63, 3.8) is 0 Å². The Kier molecular flexibility index (Phi) is 6.08. The highest BCUT2D eigenvalue weighted by Crippen LogP contribution is 2.28. The van der Waals surface area contributed by atoms with Crippen molar-refractivity contribution in [2.24, 2.45) is 0 Å². The highest BCUT2D eigenvalue weighted by molar-refractivity contribution is 9.10. The minimum absolute atomic E-state index is 0.397. The van der Waals surface area contributed by atoms with Crippen molar-refractivity contribution >= 4 is 27.3 Å². The highest BCUT2D eigenvalue weighted by Gasteiger charge is 2.12. The number of benzene rings is 1. The lowest BCUT2D eigenvalue weighted by atomic mass is 10.0. The Morgan fingerprint density at radius 1 is 1.14 bits per heavy atom. The molecule has 3 nitrogen and oxygen atoms in total. The Labute approximate surface area is 138 Å². The predicted octanol–water partition coefficient (Wildman–Crippen LogP) is 3.90. The molecule has 5 heteroatoms. The van der Waals surface area contributed by atoms with Gasteiger partial charge in [0.05, 0.1) is 14.2 Å². The van der Waals surface area contributed by atoms with Crippen LogP contribution in [0.25, 0.3) is 0 Å². The molecule has 2 rings (SSSR count). The normalized spacial score (nSPS) is 12.2. The standard InChI is InChI=1S/C16H20BrNO2S/c1-18-13(9-14-8-12(17)10-21-14)6-11-4-5-15(19-2)16(7-11)20-3/h4-5,7-8,10,13,18H,6,9H2,1-3H3. The third kappa shape index (κ3) is 4.46. The Hall–Kier alpha value is -1.04. The van der Waals surface area contributed by atoms with Crippen LogP contribution in [-0.2, 0) is 12.8 Å². The molecule has 0 aliphatic rings. The molecule has 1 aromatic heterocycles. The van der Waals surface area contributed by atoms with Gasteiger partial charge in [-0.15, -0.1) is 11.3 Å². The molecular formula is C16H20BrNO2S. The Bertz CT molecular complexity index is 585. The van der Waals surface area contributed by atoms with E-state index < -0.39 is 0 Å². The molecular weight excluding hydrogens is 350 g/mol. The van der Waals surface area contributed by atoms with Gasteiger partial charge in [0.25, 0.3) is 0 Å². The van der Waals surface area contributed by atoms with Crippen LogP contribution < -0.4 is 14.8 Å². The molecule has 0 bridgehead atoms. The van der Waals surface area contributed by atoms with Crippen LogP contribution in [0.1, 0.15) is 10.4 Å². The van der Waals surface area contributed by atoms with Crippen molar-refractivity contribution < 1.29 is 9.47 Å². The lowest BCUT2D eigenvalue weighted by Crippen LogP contribution is -2.29. The number of likely N-dealkylation sites (N-methyl/N-ethyl adjacent to an activating group) is 1. The summed E-state index contributed by atoms with van der Waals surface area (Å²) in [4.78, 5) is 1.38. The van der Waals surface area contributed by atoms with Gasteiger partial charge in [0.1, 0.15) is 0 Å². The highest BCUT2D eigenvalue weighted by atomic mass is 79.9. The summed E-state index contributed by atoms with van der Waals surface area (Å²) in [7, 11) is 5.33. The van der Waals surface area contributed by atoms with Gasteiger partial charge in [0.15, 0.2) is 11.5 Å². The molecule has 0 saturated carbocycles. The van der Waals surface area contributed by atoms with Crippen LogP contribution in [0, 0.1) is 0 Å². The van der Waals surface area contributed by atoms with Gasteiger partial charge in [-0.2, -0.15) is 0 Å². The molecule has 114 valence electrons. The smallest absolute Gasteiger partial charge is 0.160 e. The van der Waals surface area contributed by atoms with Gasteiger partial charge in [-0.1, -0.05) is 6.07 Å². The fourth-order valence-corrected chi connectivity index (χ4v) is 3.80. The summed E-state index contributed by atoms with van der Waals surface area (Å²) in [6, 6.07) is 8.68. The zero-order chi connectivity index (χ0) is 15.2. The third-order valence-corrected chi connectivity index (χ3v) is 5.13. The van der Waals surface area contributed by atoms with E-state index in [1.54, 1.807) is 25.6 Å². The Balaban J connectivity index is 2.07. The van der Waals surface area contributed by atoms with Crippen LogP contribution in [0.3, 0.4) is 0 Å². The summed E-state index contributed by atoms with van der Waals surface area (Å²) >= 11 is 5.29. The monoisotopic (exact) mass is 369 g/mol. The molecule has 0 fully saturated rings. The molecule has 0 radical (unpaired) electrons. The predicted molar refractivity (Wildman–Crippen MR) is 91.8 cm³/mol. The first-order chi connectivity index (χ1) is 10.2. The summed E-state index contributed by atoms with van der Waals surface area (Å²) in [6.45, 7) is 0. The number of hydrogen-bond acceptors (Lipinski definition) is 4. The van der Waals surface area contributed by atoms with Crippen LogP contribution in [0.5, 0.6) is 11.5 Å². The fourth-order valence-electron chi connectivity index (χ4n) is 2.27. The second kappa shape index (κ2) is 7.82. The molecule has 0 spiro atoms. The first-order valence-corrected chi connectivity index (χ1v) is 8.44. The minimum atomic E-state index is 0.397. The molecule has 0 aliphatic carbocycles. The van der Waals surface area contributed by atoms with Crippen molar-refractivity contribution in [1.29, 1.82) is 0 Å². The number of ether oxygens (including phenoxy) is 2. The molecule has 0 aliphatic heterocycles. The second-order valence-corrected chi connectivity index (χ2v) is 6.73. The summed E-state index contributed by atoms with van der Waals surface area (Å²) < 4.78 is 11.8. The molecule has 1 unspecified atom stereocenters. The van der Waals surface area contributed by atoms with Gasteiger partial charge < -0.3 is 14.8 Å². The van der Waals surface area contributed by atoms with Crippen molar-refractivity contribution in [1.82, 2.24) is 5.32 Å². The lowest BCUT2D eigenvalue weighted by Gasteiger charge is -2.16. The van der Waals surface area contributed by atoms with Crippen molar-refractivity contribution in [3.8, 4) is 11.5 Å². The summed E-state index contributed by atoms with van der Waals surface area (Å²) in [5, 5.41) is 5.52. The average molecular weight is 370 g/mol. The number of thiophene rings is 1. The number of nitrogens with one attached hydrogen (secondary N) is 1. The van der Waals surface area contributed by atoms with Crippen LogP contribution >= 0.6 is 27.3 Å². The van der Waals surface area contributed by atoms with Gasteiger partial charge in [0, 0.05) is 20.8 Å². The first-order valence-electron chi connectivity index (χ1n) is 6.77. The van der Waals surface area contributed by atoms with Crippen LogP contribution in [0.4, 0.5) is 0 Å². The quantitative estimate of drug-likeness (QED) is 0.802. The zero-order valence-electron chi connectivity index (χ0n) is 12.5. The fraction of sp³-hybridized carbons (Fsp3) is 0.375.